The van der Waals surface area contributed by atoms with Crippen LogP contribution in [0.15, 0.2) is 16.7 Å². The first-order chi connectivity index (χ1) is 10.1. The van der Waals surface area contributed by atoms with Crippen molar-refractivity contribution in [3.63, 3.8) is 0 Å². The molecule has 0 aliphatic heterocycles. The van der Waals surface area contributed by atoms with Gasteiger partial charge in [0, 0.05) is 24.4 Å². The highest BCUT2D eigenvalue weighted by Crippen LogP contribution is 2.35. The largest absolute Gasteiger partial charge is 0.469 e. The second-order valence-corrected chi connectivity index (χ2v) is 6.99. The van der Waals surface area contributed by atoms with Crippen LogP contribution in [-0.2, 0) is 6.42 Å². The third-order valence-electron chi connectivity index (χ3n) is 4.11. The molecule has 1 aliphatic rings. The summed E-state index contributed by atoms with van der Waals surface area (Å²) in [5, 5.41) is 1.13. The van der Waals surface area contributed by atoms with E-state index < -0.39 is 0 Å². The van der Waals surface area contributed by atoms with E-state index >= 15 is 0 Å². The first-order valence-corrected chi connectivity index (χ1v) is 8.13. The number of thiazole rings is 1. The maximum Gasteiger partial charge on any atom is 0.257 e. The number of hydrogen-bond donors (Lipinski definition) is 0. The van der Waals surface area contributed by atoms with Crippen molar-refractivity contribution < 1.29 is 9.21 Å². The zero-order valence-electron chi connectivity index (χ0n) is 12.7. The average molecular weight is 304 g/mol. The normalized spacial score (nSPS) is 17.6. The van der Waals surface area contributed by atoms with Crippen molar-refractivity contribution in [2.24, 2.45) is 0 Å². The van der Waals surface area contributed by atoms with Crippen molar-refractivity contribution in [3.05, 3.63) is 39.2 Å². The smallest absolute Gasteiger partial charge is 0.257 e. The quantitative estimate of drug-likeness (QED) is 0.871. The number of amides is 1. The van der Waals surface area contributed by atoms with E-state index in [2.05, 4.69) is 11.9 Å². The predicted molar refractivity (Wildman–Crippen MR) is 82.9 cm³/mol. The second kappa shape index (κ2) is 5.64. The number of furan rings is 1. The van der Waals surface area contributed by atoms with E-state index in [0.717, 1.165) is 24.4 Å². The zero-order chi connectivity index (χ0) is 15.0. The molecule has 21 heavy (non-hydrogen) atoms. The average Bonchev–Trinajstić information content (AvgIpc) is 3.03. The molecule has 0 spiro atoms. The van der Waals surface area contributed by atoms with E-state index in [-0.39, 0.29) is 5.91 Å². The van der Waals surface area contributed by atoms with Crippen molar-refractivity contribution in [1.82, 2.24) is 9.88 Å². The minimum atomic E-state index is 0.0281. The third kappa shape index (κ3) is 2.75. The fraction of sp³-hybridized carbons (Fsp3) is 0.500. The fourth-order valence-corrected chi connectivity index (χ4v) is 4.10. The monoisotopic (exact) mass is 304 g/mol. The van der Waals surface area contributed by atoms with E-state index in [9.17, 15) is 4.79 Å². The Balaban J connectivity index is 1.75. The van der Waals surface area contributed by atoms with Crippen LogP contribution < -0.4 is 0 Å². The number of nitrogens with zero attached hydrogens (tertiary/aromatic N) is 2. The first-order valence-electron chi connectivity index (χ1n) is 7.32. The highest BCUT2D eigenvalue weighted by atomic mass is 32.1. The molecular weight excluding hydrogens is 284 g/mol. The van der Waals surface area contributed by atoms with Crippen LogP contribution in [0.25, 0.3) is 0 Å². The molecule has 0 saturated heterocycles. The number of aromatic nitrogens is 1. The Kier molecular flexibility index (Phi) is 3.85. The first kappa shape index (κ1) is 14.3. The number of rotatable bonds is 3. The summed E-state index contributed by atoms with van der Waals surface area (Å²) in [5.74, 6) is 1.07. The van der Waals surface area contributed by atoms with Crippen LogP contribution in [0.1, 0.15) is 50.5 Å². The summed E-state index contributed by atoms with van der Waals surface area (Å²) in [4.78, 5) is 20.4. The Labute approximate surface area is 128 Å². The Morgan fingerprint density at radius 3 is 3.05 bits per heavy atom. The maximum absolute atomic E-state index is 12.5. The number of carbonyl (C=O) groups is 1. The zero-order valence-corrected chi connectivity index (χ0v) is 13.5. The molecule has 2 aromatic heterocycles. The summed E-state index contributed by atoms with van der Waals surface area (Å²) >= 11 is 1.80. The summed E-state index contributed by atoms with van der Waals surface area (Å²) < 4.78 is 5.23. The van der Waals surface area contributed by atoms with Crippen molar-refractivity contribution in [2.45, 2.75) is 39.0 Å². The second-order valence-electron chi connectivity index (χ2n) is 5.71. The highest BCUT2D eigenvalue weighted by molar-refractivity contribution is 7.11. The van der Waals surface area contributed by atoms with Gasteiger partial charge in [0.05, 0.1) is 22.5 Å². The maximum atomic E-state index is 12.5. The lowest BCUT2D eigenvalue weighted by Crippen LogP contribution is -2.32. The summed E-state index contributed by atoms with van der Waals surface area (Å²) in [6.07, 6.45) is 5.00. The summed E-state index contributed by atoms with van der Waals surface area (Å²) in [7, 11) is 1.86. The topological polar surface area (TPSA) is 46.3 Å². The number of carbonyl (C=O) groups excluding carboxylic acids is 1. The van der Waals surface area contributed by atoms with Gasteiger partial charge < -0.3 is 9.32 Å². The van der Waals surface area contributed by atoms with Gasteiger partial charge in [-0.05, 0) is 39.2 Å². The van der Waals surface area contributed by atoms with Gasteiger partial charge in [-0.2, -0.15) is 0 Å². The van der Waals surface area contributed by atoms with Gasteiger partial charge >= 0.3 is 0 Å². The Morgan fingerprint density at radius 1 is 1.52 bits per heavy atom. The van der Waals surface area contributed by atoms with Crippen LogP contribution in [0.3, 0.4) is 0 Å². The highest BCUT2D eigenvalue weighted by Gasteiger charge is 2.27. The van der Waals surface area contributed by atoms with E-state index in [4.69, 9.17) is 4.42 Å². The minimum absolute atomic E-state index is 0.0281. The molecule has 2 aromatic rings. The van der Waals surface area contributed by atoms with E-state index in [1.54, 1.807) is 28.6 Å². The summed E-state index contributed by atoms with van der Waals surface area (Å²) in [6.45, 7) is 4.60. The standard InChI is InChI=1S/C16H20N2O2S/c1-10-13(7-8-20-10)16(19)18(3)9-12-5-4-6-14-15(12)17-11(2)21-14/h7-8,12H,4-6,9H2,1-3H3/t12-/m1/s1. The van der Waals surface area contributed by atoms with Gasteiger partial charge in [0.25, 0.3) is 5.91 Å². The SMILES string of the molecule is Cc1nc2c(s1)CCC[C@@H]2CN(C)C(=O)c1ccoc1C. The molecule has 0 radical (unpaired) electrons. The number of hydrogen-bond acceptors (Lipinski definition) is 4. The Hall–Kier alpha value is -1.62. The van der Waals surface area contributed by atoms with Gasteiger partial charge in [0.2, 0.25) is 0 Å². The van der Waals surface area contributed by atoms with Crippen LogP contribution >= 0.6 is 11.3 Å². The van der Waals surface area contributed by atoms with Crippen LogP contribution in [-0.4, -0.2) is 29.4 Å². The van der Waals surface area contributed by atoms with Crippen LogP contribution in [0.4, 0.5) is 0 Å². The molecule has 0 N–H and O–H groups in total. The van der Waals surface area contributed by atoms with Gasteiger partial charge in [-0.3, -0.25) is 4.79 Å². The van der Waals surface area contributed by atoms with Crippen LogP contribution in [0, 0.1) is 13.8 Å². The lowest BCUT2D eigenvalue weighted by molar-refractivity contribution is 0.0781. The summed E-state index contributed by atoms with van der Waals surface area (Å²) in [5.41, 5.74) is 1.87. The molecule has 0 fully saturated rings. The molecule has 2 heterocycles. The number of fused-ring (bicyclic) bond motifs is 1. The van der Waals surface area contributed by atoms with Crippen LogP contribution in [0.2, 0.25) is 0 Å². The lowest BCUT2D eigenvalue weighted by Gasteiger charge is -2.26. The van der Waals surface area contributed by atoms with Crippen molar-refractivity contribution in [1.29, 1.82) is 0 Å². The molecule has 0 unspecified atom stereocenters. The van der Waals surface area contributed by atoms with E-state index in [1.807, 2.05) is 14.0 Å². The molecular formula is C16H20N2O2S. The van der Waals surface area contributed by atoms with Crippen molar-refractivity contribution >= 4 is 17.2 Å². The van der Waals surface area contributed by atoms with Gasteiger partial charge in [0.1, 0.15) is 5.76 Å². The van der Waals surface area contributed by atoms with Gasteiger partial charge in [-0.1, -0.05) is 0 Å². The predicted octanol–water partition coefficient (Wildman–Crippen LogP) is 3.55. The molecule has 5 heteroatoms. The molecule has 0 saturated carbocycles. The number of aryl methyl sites for hydroxylation is 3. The van der Waals surface area contributed by atoms with Crippen LogP contribution in [0.5, 0.6) is 0 Å². The molecule has 0 aromatic carbocycles. The molecule has 1 amide bonds. The summed E-state index contributed by atoms with van der Waals surface area (Å²) in [6, 6.07) is 1.74. The van der Waals surface area contributed by atoms with Gasteiger partial charge in [0.15, 0.2) is 0 Å². The molecule has 112 valence electrons. The third-order valence-corrected chi connectivity index (χ3v) is 5.15. The molecule has 3 rings (SSSR count). The molecule has 4 nitrogen and oxygen atoms in total. The molecule has 0 bridgehead atoms. The Bertz CT molecular complexity index is 659. The molecule has 1 atom stereocenters. The molecule has 1 aliphatic carbocycles. The number of likely N-dealkylation sites (N-methyl/N-ethyl adjacent to an activating group) is 1. The lowest BCUT2D eigenvalue weighted by atomic mass is 9.90. The minimum Gasteiger partial charge on any atom is -0.469 e. The van der Waals surface area contributed by atoms with Gasteiger partial charge in [-0.25, -0.2) is 4.98 Å². The fourth-order valence-electron chi connectivity index (χ4n) is 3.03. The Morgan fingerprint density at radius 2 is 2.33 bits per heavy atom. The van der Waals surface area contributed by atoms with E-state index in [1.165, 1.54) is 17.0 Å². The van der Waals surface area contributed by atoms with Crippen molar-refractivity contribution in [3.8, 4) is 0 Å². The van der Waals surface area contributed by atoms with E-state index in [0.29, 0.717) is 17.2 Å². The van der Waals surface area contributed by atoms with Crippen molar-refractivity contribution in [2.75, 3.05) is 13.6 Å². The van der Waals surface area contributed by atoms with Gasteiger partial charge in [-0.15, -0.1) is 11.3 Å².